The number of hydrogen-bond donors (Lipinski definition) is 3. The summed E-state index contributed by atoms with van der Waals surface area (Å²) in [6, 6.07) is 7.33. The molecule has 5 nitrogen and oxygen atoms in total. The van der Waals surface area contributed by atoms with Crippen LogP contribution in [0.1, 0.15) is 21.6 Å². The number of imide groups is 1. The minimum atomic E-state index is -0.493. The molecule has 0 aliphatic carbocycles. The third-order valence-electron chi connectivity index (χ3n) is 3.78. The second-order valence-corrected chi connectivity index (χ2v) is 7.16. The van der Waals surface area contributed by atoms with Gasteiger partial charge < -0.3 is 10.2 Å². The Morgan fingerprint density at radius 1 is 1.12 bits per heavy atom. The van der Waals surface area contributed by atoms with Crippen molar-refractivity contribution in [2.75, 3.05) is 18.9 Å². The van der Waals surface area contributed by atoms with Crippen molar-refractivity contribution in [2.45, 2.75) is 27.3 Å². The fraction of sp³-hybridized carbons (Fsp3) is 0.333. The van der Waals surface area contributed by atoms with E-state index in [1.54, 1.807) is 11.3 Å². The molecule has 1 aromatic carbocycles. The summed E-state index contributed by atoms with van der Waals surface area (Å²) in [5.74, 6) is -0.288. The van der Waals surface area contributed by atoms with E-state index in [2.05, 4.69) is 29.0 Å². The maximum Gasteiger partial charge on any atom is 0.326 e. The van der Waals surface area contributed by atoms with Gasteiger partial charge in [-0.15, -0.1) is 11.3 Å². The molecule has 1 aromatic heterocycles. The summed E-state index contributed by atoms with van der Waals surface area (Å²) in [5.41, 5.74) is 4.05. The molecule has 0 radical (unpaired) electrons. The maximum absolute atomic E-state index is 12.0. The summed E-state index contributed by atoms with van der Waals surface area (Å²) in [7, 11) is 1.95. The van der Waals surface area contributed by atoms with Crippen molar-refractivity contribution in [3.63, 3.8) is 0 Å². The van der Waals surface area contributed by atoms with Gasteiger partial charge in [0.05, 0.1) is 11.9 Å². The molecule has 0 spiro atoms. The molecule has 3 N–H and O–H groups in total. The maximum atomic E-state index is 12.0. The highest BCUT2D eigenvalue weighted by Crippen LogP contribution is 2.15. The molecule has 1 atom stereocenters. The largest absolute Gasteiger partial charge is 0.326 e. The Balaban J connectivity index is 1.83. The standard InChI is InChI=1S/C18H23N3O2S/c1-12-5-6-15(14(3)9-12)19-18(23)20-17(22)11-21(4)10-16-13(2)7-8-24-16/h5-9H,10-11H2,1-4H3,(H2,19,20,22,23)/p+1. The summed E-state index contributed by atoms with van der Waals surface area (Å²) in [5, 5.41) is 7.16. The third-order valence-corrected chi connectivity index (χ3v) is 4.80. The summed E-state index contributed by atoms with van der Waals surface area (Å²) in [4.78, 5) is 26.3. The lowest BCUT2D eigenvalue weighted by Gasteiger charge is -2.14. The van der Waals surface area contributed by atoms with Gasteiger partial charge in [-0.1, -0.05) is 17.7 Å². The topological polar surface area (TPSA) is 62.6 Å². The van der Waals surface area contributed by atoms with E-state index < -0.39 is 6.03 Å². The van der Waals surface area contributed by atoms with Crippen LogP contribution in [0.2, 0.25) is 0 Å². The Kier molecular flexibility index (Phi) is 6.11. The zero-order chi connectivity index (χ0) is 17.7. The number of likely N-dealkylation sites (N-methyl/N-ethyl adjacent to an activating group) is 1. The average molecular weight is 346 g/mol. The summed E-state index contributed by atoms with van der Waals surface area (Å²) >= 11 is 1.69. The first-order valence-corrected chi connectivity index (χ1v) is 8.75. The van der Waals surface area contributed by atoms with Crippen LogP contribution in [0.25, 0.3) is 0 Å². The molecule has 2 rings (SSSR count). The highest BCUT2D eigenvalue weighted by atomic mass is 32.1. The van der Waals surface area contributed by atoms with Crippen LogP contribution in [0.3, 0.4) is 0 Å². The van der Waals surface area contributed by atoms with Gasteiger partial charge in [0.15, 0.2) is 6.54 Å². The number of aryl methyl sites for hydroxylation is 3. The number of anilines is 1. The van der Waals surface area contributed by atoms with E-state index in [0.717, 1.165) is 22.6 Å². The van der Waals surface area contributed by atoms with Crippen molar-refractivity contribution < 1.29 is 14.5 Å². The van der Waals surface area contributed by atoms with Gasteiger partial charge in [-0.25, -0.2) is 4.79 Å². The van der Waals surface area contributed by atoms with Crippen molar-refractivity contribution >= 4 is 29.0 Å². The van der Waals surface area contributed by atoms with Crippen molar-refractivity contribution in [1.82, 2.24) is 5.32 Å². The van der Waals surface area contributed by atoms with Crippen LogP contribution in [-0.4, -0.2) is 25.5 Å². The van der Waals surface area contributed by atoms with Gasteiger partial charge in [0, 0.05) is 5.69 Å². The monoisotopic (exact) mass is 346 g/mol. The lowest BCUT2D eigenvalue weighted by Crippen LogP contribution is -3.08. The lowest BCUT2D eigenvalue weighted by atomic mass is 10.1. The number of benzene rings is 1. The molecule has 1 unspecified atom stereocenters. The molecule has 1 heterocycles. The summed E-state index contributed by atoms with van der Waals surface area (Å²) in [6.45, 7) is 7.00. The molecular formula is C18H24N3O2S+. The average Bonchev–Trinajstić information content (AvgIpc) is 2.87. The third kappa shape index (κ3) is 5.18. The quantitative estimate of drug-likeness (QED) is 0.776. The van der Waals surface area contributed by atoms with Crippen LogP contribution in [-0.2, 0) is 11.3 Å². The molecule has 3 amide bonds. The zero-order valence-corrected chi connectivity index (χ0v) is 15.3. The number of amides is 3. The summed E-state index contributed by atoms with van der Waals surface area (Å²) in [6.07, 6.45) is 0. The predicted molar refractivity (Wildman–Crippen MR) is 97.6 cm³/mol. The summed E-state index contributed by atoms with van der Waals surface area (Å²) < 4.78 is 0. The second-order valence-electron chi connectivity index (χ2n) is 6.16. The van der Waals surface area contributed by atoms with E-state index in [0.29, 0.717) is 5.69 Å². The lowest BCUT2D eigenvalue weighted by molar-refractivity contribution is -0.885. The fourth-order valence-electron chi connectivity index (χ4n) is 2.47. The Labute approximate surface area is 146 Å². The predicted octanol–water partition coefficient (Wildman–Crippen LogP) is 2.04. The van der Waals surface area contributed by atoms with E-state index in [9.17, 15) is 9.59 Å². The van der Waals surface area contributed by atoms with Gasteiger partial charge in [0.1, 0.15) is 6.54 Å². The molecule has 0 aliphatic rings. The van der Waals surface area contributed by atoms with E-state index in [1.807, 2.05) is 39.1 Å². The highest BCUT2D eigenvalue weighted by Gasteiger charge is 2.15. The van der Waals surface area contributed by atoms with Crippen LogP contribution in [0.5, 0.6) is 0 Å². The number of carbonyl (C=O) groups is 2. The van der Waals surface area contributed by atoms with Crippen molar-refractivity contribution in [3.8, 4) is 0 Å². The number of quaternary nitrogens is 1. The first-order chi connectivity index (χ1) is 11.3. The van der Waals surface area contributed by atoms with Crippen molar-refractivity contribution in [2.24, 2.45) is 0 Å². The molecule has 24 heavy (non-hydrogen) atoms. The first-order valence-electron chi connectivity index (χ1n) is 7.87. The number of rotatable bonds is 5. The molecule has 0 saturated heterocycles. The fourth-order valence-corrected chi connectivity index (χ4v) is 3.49. The van der Waals surface area contributed by atoms with Gasteiger partial charge in [-0.05, 0) is 49.4 Å². The zero-order valence-electron chi connectivity index (χ0n) is 14.5. The SMILES string of the molecule is Cc1ccc(NC(=O)NC(=O)C[NH+](C)Cc2sccc2C)c(C)c1. The van der Waals surface area contributed by atoms with Gasteiger partial charge >= 0.3 is 6.03 Å². The van der Waals surface area contributed by atoms with Crippen molar-refractivity contribution in [3.05, 3.63) is 51.2 Å². The van der Waals surface area contributed by atoms with Gasteiger partial charge in [0.25, 0.3) is 5.91 Å². The van der Waals surface area contributed by atoms with Crippen molar-refractivity contribution in [1.29, 1.82) is 0 Å². The smallest absolute Gasteiger partial charge is 0.325 e. The first kappa shape index (κ1) is 18.2. The number of hydrogen-bond acceptors (Lipinski definition) is 3. The number of carbonyl (C=O) groups excluding carboxylic acids is 2. The molecular weight excluding hydrogens is 322 g/mol. The van der Waals surface area contributed by atoms with E-state index in [-0.39, 0.29) is 12.5 Å². The molecule has 0 bridgehead atoms. The molecule has 0 aliphatic heterocycles. The Morgan fingerprint density at radius 2 is 1.88 bits per heavy atom. The normalized spacial score (nSPS) is 11.8. The van der Waals surface area contributed by atoms with E-state index in [4.69, 9.17) is 0 Å². The number of urea groups is 1. The number of nitrogens with one attached hydrogen (secondary N) is 3. The molecule has 128 valence electrons. The van der Waals surface area contributed by atoms with Crippen LogP contribution in [0.4, 0.5) is 10.5 Å². The molecule has 2 aromatic rings. The molecule has 0 fully saturated rings. The minimum absolute atomic E-state index is 0.248. The van der Waals surface area contributed by atoms with Gasteiger partial charge in [-0.3, -0.25) is 10.1 Å². The molecule has 6 heteroatoms. The Morgan fingerprint density at radius 3 is 2.50 bits per heavy atom. The Hall–Kier alpha value is -2.18. The highest BCUT2D eigenvalue weighted by molar-refractivity contribution is 7.10. The number of thiophene rings is 1. The Bertz CT molecular complexity index is 740. The van der Waals surface area contributed by atoms with Gasteiger partial charge in [0.2, 0.25) is 0 Å². The minimum Gasteiger partial charge on any atom is -0.325 e. The van der Waals surface area contributed by atoms with E-state index in [1.165, 1.54) is 10.4 Å². The van der Waals surface area contributed by atoms with Crippen LogP contribution in [0, 0.1) is 20.8 Å². The van der Waals surface area contributed by atoms with Crippen LogP contribution in [0.15, 0.2) is 29.6 Å². The second kappa shape index (κ2) is 8.08. The van der Waals surface area contributed by atoms with Crippen LogP contribution >= 0.6 is 11.3 Å². The van der Waals surface area contributed by atoms with Crippen LogP contribution < -0.4 is 15.5 Å². The van der Waals surface area contributed by atoms with Gasteiger partial charge in [-0.2, -0.15) is 0 Å². The molecule has 0 saturated carbocycles. The van der Waals surface area contributed by atoms with E-state index >= 15 is 0 Å².